The number of hydrogen-bond donors (Lipinski definition) is 1. The molecule has 1 aliphatic heterocycles. The average Bonchev–Trinajstić information content (AvgIpc) is 3.07. The summed E-state index contributed by atoms with van der Waals surface area (Å²) in [7, 11) is 1.67. The predicted octanol–water partition coefficient (Wildman–Crippen LogP) is 2.54. The Balaban J connectivity index is 1.45. The Bertz CT molecular complexity index is 759. The second kappa shape index (κ2) is 9.33. The fourth-order valence-corrected chi connectivity index (χ4v) is 3.33. The van der Waals surface area contributed by atoms with Crippen LogP contribution >= 0.6 is 0 Å². The number of nitrogens with zero attached hydrogens (tertiary/aromatic N) is 1. The van der Waals surface area contributed by atoms with Crippen LogP contribution in [0.2, 0.25) is 0 Å². The van der Waals surface area contributed by atoms with Crippen LogP contribution in [0, 0.1) is 5.92 Å². The highest BCUT2D eigenvalue weighted by Gasteiger charge is 2.33. The summed E-state index contributed by atoms with van der Waals surface area (Å²) in [5.41, 5.74) is 3.34. The quantitative estimate of drug-likeness (QED) is 0.781. The van der Waals surface area contributed by atoms with Crippen molar-refractivity contribution in [3.8, 4) is 0 Å². The SMILES string of the molecule is COCc1ccc(CNC(=O)C2CC(=O)N(CCc3ccccc3)C2)cc1. The predicted molar refractivity (Wildman–Crippen MR) is 104 cm³/mol. The molecule has 0 spiro atoms. The minimum Gasteiger partial charge on any atom is -0.380 e. The van der Waals surface area contributed by atoms with Crippen molar-refractivity contribution in [1.82, 2.24) is 10.2 Å². The van der Waals surface area contributed by atoms with Crippen LogP contribution in [0.5, 0.6) is 0 Å². The van der Waals surface area contributed by atoms with Gasteiger partial charge >= 0.3 is 0 Å². The number of likely N-dealkylation sites (tertiary alicyclic amines) is 1. The van der Waals surface area contributed by atoms with E-state index in [-0.39, 0.29) is 17.7 Å². The second-order valence-corrected chi connectivity index (χ2v) is 6.94. The van der Waals surface area contributed by atoms with Crippen molar-refractivity contribution in [1.29, 1.82) is 0 Å². The summed E-state index contributed by atoms with van der Waals surface area (Å²) in [6.07, 6.45) is 1.11. The summed E-state index contributed by atoms with van der Waals surface area (Å²) < 4.78 is 5.10. The molecule has 1 heterocycles. The standard InChI is InChI=1S/C22H26N2O3/c1-27-16-19-9-7-18(8-10-19)14-23-22(26)20-13-21(25)24(15-20)12-11-17-5-3-2-4-6-17/h2-10,20H,11-16H2,1H3,(H,23,26). The number of amides is 2. The molecule has 5 nitrogen and oxygen atoms in total. The van der Waals surface area contributed by atoms with Gasteiger partial charge in [-0.1, -0.05) is 54.6 Å². The molecule has 0 radical (unpaired) electrons. The summed E-state index contributed by atoms with van der Waals surface area (Å²) in [6.45, 7) is 2.22. The Morgan fingerprint density at radius 1 is 1.07 bits per heavy atom. The lowest BCUT2D eigenvalue weighted by molar-refractivity contribution is -0.129. The molecule has 1 aliphatic rings. The molecule has 1 saturated heterocycles. The van der Waals surface area contributed by atoms with E-state index in [2.05, 4.69) is 17.4 Å². The summed E-state index contributed by atoms with van der Waals surface area (Å²) in [5, 5.41) is 2.96. The van der Waals surface area contributed by atoms with Crippen molar-refractivity contribution >= 4 is 11.8 Å². The third kappa shape index (κ3) is 5.41. The molecular formula is C22H26N2O3. The van der Waals surface area contributed by atoms with E-state index >= 15 is 0 Å². The van der Waals surface area contributed by atoms with Gasteiger partial charge in [0.25, 0.3) is 0 Å². The van der Waals surface area contributed by atoms with Crippen molar-refractivity contribution < 1.29 is 14.3 Å². The highest BCUT2D eigenvalue weighted by Crippen LogP contribution is 2.19. The largest absolute Gasteiger partial charge is 0.380 e. The first-order valence-corrected chi connectivity index (χ1v) is 9.32. The van der Waals surface area contributed by atoms with Gasteiger partial charge in [-0.3, -0.25) is 9.59 Å². The maximum atomic E-state index is 12.4. The Morgan fingerprint density at radius 3 is 2.48 bits per heavy atom. The topological polar surface area (TPSA) is 58.6 Å². The molecule has 1 unspecified atom stereocenters. The number of nitrogens with one attached hydrogen (secondary N) is 1. The van der Waals surface area contributed by atoms with Crippen LogP contribution in [-0.2, 0) is 33.9 Å². The lowest BCUT2D eigenvalue weighted by Gasteiger charge is -2.16. The fraction of sp³-hybridized carbons (Fsp3) is 0.364. The lowest BCUT2D eigenvalue weighted by Crippen LogP contribution is -2.33. The smallest absolute Gasteiger partial charge is 0.225 e. The third-order valence-corrected chi connectivity index (χ3v) is 4.90. The monoisotopic (exact) mass is 366 g/mol. The molecule has 27 heavy (non-hydrogen) atoms. The molecule has 2 aromatic carbocycles. The highest BCUT2D eigenvalue weighted by atomic mass is 16.5. The van der Waals surface area contributed by atoms with Crippen LogP contribution in [0.4, 0.5) is 0 Å². The summed E-state index contributed by atoms with van der Waals surface area (Å²) in [5.74, 6) is -0.248. The molecule has 142 valence electrons. The minimum atomic E-state index is -0.263. The molecule has 2 aromatic rings. The van der Waals surface area contributed by atoms with Gasteiger partial charge in [0, 0.05) is 33.2 Å². The zero-order valence-electron chi connectivity index (χ0n) is 15.7. The first-order valence-electron chi connectivity index (χ1n) is 9.32. The molecule has 1 N–H and O–H groups in total. The number of hydrogen-bond acceptors (Lipinski definition) is 3. The number of carbonyl (C=O) groups excluding carboxylic acids is 2. The number of benzene rings is 2. The molecule has 0 bridgehead atoms. The van der Waals surface area contributed by atoms with Gasteiger partial charge in [0.2, 0.25) is 11.8 Å². The maximum Gasteiger partial charge on any atom is 0.225 e. The van der Waals surface area contributed by atoms with Gasteiger partial charge in [-0.05, 0) is 23.1 Å². The molecular weight excluding hydrogens is 340 g/mol. The van der Waals surface area contributed by atoms with Crippen LogP contribution in [0.3, 0.4) is 0 Å². The van der Waals surface area contributed by atoms with Gasteiger partial charge in [-0.2, -0.15) is 0 Å². The molecule has 0 saturated carbocycles. The first-order chi connectivity index (χ1) is 13.2. The van der Waals surface area contributed by atoms with E-state index in [4.69, 9.17) is 4.74 Å². The summed E-state index contributed by atoms with van der Waals surface area (Å²) in [4.78, 5) is 26.5. The number of rotatable bonds is 8. The highest BCUT2D eigenvalue weighted by molar-refractivity contribution is 5.89. The molecule has 0 aromatic heterocycles. The first kappa shape index (κ1) is 19.1. The molecule has 0 aliphatic carbocycles. The zero-order chi connectivity index (χ0) is 19.1. The van der Waals surface area contributed by atoms with Crippen molar-refractivity contribution in [3.05, 3.63) is 71.3 Å². The second-order valence-electron chi connectivity index (χ2n) is 6.94. The van der Waals surface area contributed by atoms with E-state index in [0.717, 1.165) is 17.5 Å². The zero-order valence-corrected chi connectivity index (χ0v) is 15.7. The van der Waals surface area contributed by atoms with Gasteiger partial charge in [0.1, 0.15) is 0 Å². The molecule has 2 amide bonds. The number of methoxy groups -OCH3 is 1. The van der Waals surface area contributed by atoms with E-state index < -0.39 is 0 Å². The van der Waals surface area contributed by atoms with Crippen LogP contribution in [-0.4, -0.2) is 36.9 Å². The maximum absolute atomic E-state index is 12.4. The Hall–Kier alpha value is -2.66. The summed E-state index contributed by atoms with van der Waals surface area (Å²) in [6, 6.07) is 18.1. The van der Waals surface area contributed by atoms with Crippen molar-refractivity contribution in [3.63, 3.8) is 0 Å². The third-order valence-electron chi connectivity index (χ3n) is 4.90. The van der Waals surface area contributed by atoms with Gasteiger partial charge in [0.05, 0.1) is 12.5 Å². The van der Waals surface area contributed by atoms with E-state index in [9.17, 15) is 9.59 Å². The van der Waals surface area contributed by atoms with Crippen LogP contribution in [0.15, 0.2) is 54.6 Å². The fourth-order valence-electron chi connectivity index (χ4n) is 3.33. The molecule has 3 rings (SSSR count). The van der Waals surface area contributed by atoms with Crippen molar-refractivity contribution in [2.75, 3.05) is 20.2 Å². The average molecular weight is 366 g/mol. The van der Waals surface area contributed by atoms with Gasteiger partial charge in [-0.15, -0.1) is 0 Å². The van der Waals surface area contributed by atoms with Crippen LogP contribution < -0.4 is 5.32 Å². The molecule has 1 fully saturated rings. The van der Waals surface area contributed by atoms with Gasteiger partial charge in [-0.25, -0.2) is 0 Å². The Kier molecular flexibility index (Phi) is 6.60. The lowest BCUT2D eigenvalue weighted by atomic mass is 10.1. The van der Waals surface area contributed by atoms with Crippen LogP contribution in [0.1, 0.15) is 23.1 Å². The molecule has 5 heteroatoms. The number of carbonyl (C=O) groups is 2. The van der Waals surface area contributed by atoms with E-state index in [1.165, 1.54) is 5.56 Å². The van der Waals surface area contributed by atoms with E-state index in [0.29, 0.717) is 32.7 Å². The van der Waals surface area contributed by atoms with E-state index in [1.807, 2.05) is 42.5 Å². The minimum absolute atomic E-state index is 0.0495. The normalized spacial score (nSPS) is 16.6. The molecule has 1 atom stereocenters. The number of ether oxygens (including phenoxy) is 1. The van der Waals surface area contributed by atoms with E-state index in [1.54, 1.807) is 12.0 Å². The van der Waals surface area contributed by atoms with Gasteiger partial charge in [0.15, 0.2) is 0 Å². The van der Waals surface area contributed by atoms with Crippen molar-refractivity contribution in [2.24, 2.45) is 5.92 Å². The Labute approximate surface area is 160 Å². The van der Waals surface area contributed by atoms with Crippen LogP contribution in [0.25, 0.3) is 0 Å². The Morgan fingerprint density at radius 2 is 1.78 bits per heavy atom. The van der Waals surface area contributed by atoms with Crippen molar-refractivity contribution in [2.45, 2.75) is 26.0 Å². The van der Waals surface area contributed by atoms with Gasteiger partial charge < -0.3 is 15.0 Å². The summed E-state index contributed by atoms with van der Waals surface area (Å²) >= 11 is 0.